The van der Waals surface area contributed by atoms with Crippen LogP contribution in [-0.4, -0.2) is 58.6 Å². The summed E-state index contributed by atoms with van der Waals surface area (Å²) in [5, 5.41) is 33.6. The maximum Gasteiger partial charge on any atom is 0.274 e. The van der Waals surface area contributed by atoms with E-state index in [-0.39, 0.29) is 23.1 Å². The maximum atomic E-state index is 12.8. The number of hydrogen-bond acceptors (Lipinski definition) is 8. The lowest BCUT2D eigenvalue weighted by Crippen LogP contribution is -2.41. The maximum absolute atomic E-state index is 12.8. The molecule has 10 heteroatoms. The van der Waals surface area contributed by atoms with Crippen molar-refractivity contribution in [3.05, 3.63) is 47.6 Å². The number of nitrogens with one attached hydrogen (secondary N) is 5. The topological polar surface area (TPSA) is 154 Å². The van der Waals surface area contributed by atoms with Crippen LogP contribution in [-0.2, 0) is 4.79 Å². The molecule has 1 aromatic heterocycles. The number of aromatic nitrogens is 1. The summed E-state index contributed by atoms with van der Waals surface area (Å²) in [7, 11) is 1.63. The molecule has 1 aromatic rings. The molecule has 0 saturated carbocycles. The molecule has 0 radical (unpaired) electrons. The van der Waals surface area contributed by atoms with Crippen LogP contribution in [0.1, 0.15) is 37.7 Å². The van der Waals surface area contributed by atoms with Gasteiger partial charge in [0.25, 0.3) is 5.91 Å². The van der Waals surface area contributed by atoms with Gasteiger partial charge in [0.1, 0.15) is 11.5 Å². The van der Waals surface area contributed by atoms with Crippen LogP contribution in [0.5, 0.6) is 0 Å². The van der Waals surface area contributed by atoms with E-state index in [2.05, 4.69) is 20.9 Å². The Balaban J connectivity index is 2.17. The lowest BCUT2D eigenvalue weighted by Gasteiger charge is -2.22. The summed E-state index contributed by atoms with van der Waals surface area (Å²) < 4.78 is 0. The Morgan fingerprint density at radius 1 is 1.35 bits per heavy atom. The van der Waals surface area contributed by atoms with E-state index in [4.69, 9.17) is 10.8 Å². The Kier molecular flexibility index (Phi) is 7.65. The number of rotatable bonds is 8. The molecule has 2 rings (SSSR count). The molecule has 166 valence electrons. The third-order valence-electron chi connectivity index (χ3n) is 4.86. The number of likely N-dealkylation sites (tertiary alicyclic amines) is 1. The Labute approximate surface area is 181 Å². The number of pyridine rings is 1. The van der Waals surface area contributed by atoms with Crippen molar-refractivity contribution in [2.45, 2.75) is 33.3 Å². The van der Waals surface area contributed by atoms with Crippen molar-refractivity contribution in [3.63, 3.8) is 0 Å². The van der Waals surface area contributed by atoms with Gasteiger partial charge in [-0.3, -0.25) is 19.9 Å². The van der Waals surface area contributed by atoms with Gasteiger partial charge in [-0.15, -0.1) is 0 Å². The fourth-order valence-corrected chi connectivity index (χ4v) is 2.90. The number of carbonyl (C=O) groups is 2. The van der Waals surface area contributed by atoms with Crippen molar-refractivity contribution >= 4 is 29.7 Å². The van der Waals surface area contributed by atoms with E-state index in [1.54, 1.807) is 19.2 Å². The van der Waals surface area contributed by atoms with Crippen LogP contribution >= 0.6 is 0 Å². The van der Waals surface area contributed by atoms with Crippen LogP contribution in [0.15, 0.2) is 41.9 Å². The van der Waals surface area contributed by atoms with Crippen LogP contribution in [0.2, 0.25) is 0 Å². The fourth-order valence-electron chi connectivity index (χ4n) is 2.90. The summed E-state index contributed by atoms with van der Waals surface area (Å²) in [5.74, 6) is -0.459. The Bertz CT molecular complexity index is 935. The molecule has 0 aromatic carbocycles. The van der Waals surface area contributed by atoms with Crippen molar-refractivity contribution < 1.29 is 14.7 Å². The smallest absolute Gasteiger partial charge is 0.274 e. The fraction of sp³-hybridized carbons (Fsp3) is 0.381. The second-order valence-electron chi connectivity index (χ2n) is 7.76. The molecule has 6 N–H and O–H groups in total. The molecule has 1 saturated heterocycles. The number of amidine groups is 1. The number of anilines is 1. The van der Waals surface area contributed by atoms with E-state index in [1.807, 2.05) is 13.8 Å². The molecule has 1 aliphatic rings. The molecule has 1 unspecified atom stereocenters. The number of hydrogen-bond donors (Lipinski definition) is 6. The molecule has 0 spiro atoms. The van der Waals surface area contributed by atoms with E-state index in [1.165, 1.54) is 30.3 Å². The number of amides is 2. The molecule has 0 aliphatic carbocycles. The van der Waals surface area contributed by atoms with Crippen molar-refractivity contribution in [2.75, 3.05) is 18.9 Å². The Hall–Kier alpha value is -3.53. The summed E-state index contributed by atoms with van der Waals surface area (Å²) in [6, 6.07) is 4.78. The third kappa shape index (κ3) is 5.76. The molecule has 2 heterocycles. The summed E-state index contributed by atoms with van der Waals surface area (Å²) >= 11 is 0. The van der Waals surface area contributed by atoms with Crippen LogP contribution in [0.3, 0.4) is 0 Å². The van der Waals surface area contributed by atoms with E-state index in [0.717, 1.165) is 6.21 Å². The number of nitrogens with zero attached hydrogens (tertiary/aromatic N) is 2. The number of aliphatic hydroxyl groups is 1. The first-order valence-electron chi connectivity index (χ1n) is 9.82. The van der Waals surface area contributed by atoms with Gasteiger partial charge >= 0.3 is 0 Å². The zero-order valence-electron chi connectivity index (χ0n) is 18.1. The monoisotopic (exact) mass is 427 g/mol. The van der Waals surface area contributed by atoms with E-state index >= 15 is 0 Å². The molecule has 10 nitrogen and oxygen atoms in total. The lowest BCUT2D eigenvalue weighted by molar-refractivity contribution is -0.131. The van der Waals surface area contributed by atoms with Gasteiger partial charge in [0.2, 0.25) is 5.91 Å². The number of carbonyl (C=O) groups excluding carboxylic acids is 2. The normalized spacial score (nSPS) is 17.2. The summed E-state index contributed by atoms with van der Waals surface area (Å²) in [6.45, 7) is 5.61. The highest BCUT2D eigenvalue weighted by molar-refractivity contribution is 6.10. The van der Waals surface area contributed by atoms with Crippen molar-refractivity contribution in [2.24, 2.45) is 5.41 Å². The quantitative estimate of drug-likeness (QED) is 0.272. The molecular formula is C21H29N7O3. The minimum absolute atomic E-state index is 0.0923. The molecule has 1 fully saturated rings. The van der Waals surface area contributed by atoms with E-state index in [0.29, 0.717) is 24.4 Å². The summed E-state index contributed by atoms with van der Waals surface area (Å²) in [5.41, 5.74) is 0.0495. The van der Waals surface area contributed by atoms with Crippen LogP contribution < -0.4 is 16.0 Å². The van der Waals surface area contributed by atoms with Crippen LogP contribution in [0.4, 0.5) is 5.82 Å². The molecule has 0 bridgehead atoms. The van der Waals surface area contributed by atoms with Crippen molar-refractivity contribution in [1.29, 1.82) is 10.8 Å². The third-order valence-corrected chi connectivity index (χ3v) is 4.86. The summed E-state index contributed by atoms with van der Waals surface area (Å²) in [4.78, 5) is 30.9. The first kappa shape index (κ1) is 23.7. The Morgan fingerprint density at radius 3 is 2.61 bits per heavy atom. The van der Waals surface area contributed by atoms with Gasteiger partial charge in [-0.2, -0.15) is 0 Å². The minimum atomic E-state index is -0.824. The van der Waals surface area contributed by atoms with Crippen molar-refractivity contribution in [3.8, 4) is 0 Å². The average molecular weight is 428 g/mol. The molecule has 1 aliphatic heterocycles. The van der Waals surface area contributed by atoms with Gasteiger partial charge in [-0.1, -0.05) is 19.9 Å². The van der Waals surface area contributed by atoms with Gasteiger partial charge in [-0.05, 0) is 25.5 Å². The SMILES string of the molecule is CN/C=C(/NC(=O)c1cccc(N/C=C(\C=N)C(C)O)n1)C(=N)N1CCC(C)(C)C1=O. The van der Waals surface area contributed by atoms with Gasteiger partial charge in [0.05, 0.1) is 11.8 Å². The van der Waals surface area contributed by atoms with E-state index < -0.39 is 17.4 Å². The molecular weight excluding hydrogens is 398 g/mol. The zero-order valence-corrected chi connectivity index (χ0v) is 18.1. The van der Waals surface area contributed by atoms with Gasteiger partial charge in [-0.25, -0.2) is 4.98 Å². The highest BCUT2D eigenvalue weighted by Gasteiger charge is 2.41. The highest BCUT2D eigenvalue weighted by atomic mass is 16.3. The lowest BCUT2D eigenvalue weighted by atomic mass is 9.92. The largest absolute Gasteiger partial charge is 0.392 e. The zero-order chi connectivity index (χ0) is 23.2. The predicted octanol–water partition coefficient (Wildman–Crippen LogP) is 1.43. The first-order valence-corrected chi connectivity index (χ1v) is 9.82. The summed E-state index contributed by atoms with van der Waals surface area (Å²) in [6.07, 6.45) is 3.71. The van der Waals surface area contributed by atoms with E-state index in [9.17, 15) is 14.7 Å². The van der Waals surface area contributed by atoms with Gasteiger partial charge in [0.15, 0.2) is 5.84 Å². The molecule has 2 amide bonds. The standard InChI is InChI=1S/C21H29N7O3/c1-13(29)14(10-22)11-25-17-7-5-6-15(26-17)19(30)27-16(12-24-4)18(23)28-9-8-21(2,3)20(28)31/h5-7,10-13,22-24,29H,8-9H2,1-4H3,(H,25,26)(H,27,30)/b14-11+,16-12+,22-10?,23-18?. The Morgan fingerprint density at radius 2 is 2.06 bits per heavy atom. The van der Waals surface area contributed by atoms with Gasteiger partial charge in [0, 0.05) is 43.2 Å². The molecule has 31 heavy (non-hydrogen) atoms. The second kappa shape index (κ2) is 9.98. The minimum Gasteiger partial charge on any atom is -0.392 e. The van der Waals surface area contributed by atoms with Crippen molar-refractivity contribution in [1.82, 2.24) is 20.5 Å². The second-order valence-corrected chi connectivity index (χ2v) is 7.76. The van der Waals surface area contributed by atoms with Gasteiger partial charge < -0.3 is 26.5 Å². The first-order chi connectivity index (χ1) is 14.6. The average Bonchev–Trinajstić information content (AvgIpc) is 3.00. The predicted molar refractivity (Wildman–Crippen MR) is 119 cm³/mol. The van der Waals surface area contributed by atoms with Crippen LogP contribution in [0, 0.1) is 16.2 Å². The molecule has 1 atom stereocenters. The highest BCUT2D eigenvalue weighted by Crippen LogP contribution is 2.31. The number of aliphatic hydroxyl groups excluding tert-OH is 1. The van der Waals surface area contributed by atoms with Crippen LogP contribution in [0.25, 0.3) is 0 Å².